The van der Waals surface area contributed by atoms with Crippen molar-refractivity contribution in [3.05, 3.63) is 22.2 Å². The number of hydrogen-bond acceptors (Lipinski definition) is 3. The first-order valence-electron chi connectivity index (χ1n) is 7.80. The monoisotopic (exact) mass is 368 g/mol. The summed E-state index contributed by atoms with van der Waals surface area (Å²) in [6.45, 7) is 0. The lowest BCUT2D eigenvalue weighted by atomic mass is 9.92. The molecule has 1 aromatic carbocycles. The van der Waals surface area contributed by atoms with Crippen molar-refractivity contribution in [3.8, 4) is 11.5 Å². The van der Waals surface area contributed by atoms with Crippen LogP contribution in [-0.2, 0) is 10.2 Å². The van der Waals surface area contributed by atoms with E-state index >= 15 is 0 Å². The molecular weight excluding hydrogens is 348 g/mol. The van der Waals surface area contributed by atoms with Crippen molar-refractivity contribution in [2.45, 2.75) is 56.5 Å². The molecule has 0 spiro atoms. The summed E-state index contributed by atoms with van der Waals surface area (Å²) >= 11 is 3.58. The van der Waals surface area contributed by atoms with Crippen LogP contribution in [0.15, 0.2) is 16.6 Å². The van der Waals surface area contributed by atoms with E-state index < -0.39 is 5.97 Å². The first kappa shape index (κ1) is 15.7. The normalized spacial score (nSPS) is 19.9. The van der Waals surface area contributed by atoms with Gasteiger partial charge in [0.15, 0.2) is 11.5 Å². The number of ether oxygens (including phenoxy) is 2. The fourth-order valence-corrected chi connectivity index (χ4v) is 3.86. The molecule has 3 rings (SSSR count). The minimum atomic E-state index is -0.751. The highest BCUT2D eigenvalue weighted by Gasteiger charge is 2.46. The van der Waals surface area contributed by atoms with Gasteiger partial charge >= 0.3 is 5.97 Å². The van der Waals surface area contributed by atoms with Gasteiger partial charge in [0.25, 0.3) is 0 Å². The Labute approximate surface area is 138 Å². The van der Waals surface area contributed by atoms with Crippen molar-refractivity contribution >= 4 is 21.9 Å². The summed E-state index contributed by atoms with van der Waals surface area (Å²) < 4.78 is 12.5. The fraction of sp³-hybridized carbons (Fsp3) is 0.588. The topological polar surface area (TPSA) is 55.8 Å². The number of halogens is 1. The van der Waals surface area contributed by atoms with Crippen molar-refractivity contribution in [2.75, 3.05) is 7.11 Å². The van der Waals surface area contributed by atoms with E-state index in [2.05, 4.69) is 15.9 Å². The van der Waals surface area contributed by atoms with Gasteiger partial charge in [0.2, 0.25) is 0 Å². The Morgan fingerprint density at radius 2 is 2.05 bits per heavy atom. The van der Waals surface area contributed by atoms with Gasteiger partial charge in [0.05, 0.1) is 24.1 Å². The molecule has 2 aliphatic rings. The number of carbonyl (C=O) groups is 1. The maximum atomic E-state index is 11.1. The average molecular weight is 369 g/mol. The zero-order valence-electron chi connectivity index (χ0n) is 12.7. The summed E-state index contributed by atoms with van der Waals surface area (Å²) in [5.41, 5.74) is 0.797. The molecule has 1 N–H and O–H groups in total. The molecule has 2 aliphatic carbocycles. The largest absolute Gasteiger partial charge is 0.493 e. The van der Waals surface area contributed by atoms with Crippen LogP contribution in [0.5, 0.6) is 11.5 Å². The molecule has 0 unspecified atom stereocenters. The Bertz CT molecular complexity index is 574. The molecule has 0 radical (unpaired) electrons. The number of carboxylic acids is 1. The van der Waals surface area contributed by atoms with Crippen molar-refractivity contribution in [3.63, 3.8) is 0 Å². The van der Waals surface area contributed by atoms with Gasteiger partial charge < -0.3 is 14.6 Å². The van der Waals surface area contributed by atoms with Crippen LogP contribution in [0.2, 0.25) is 0 Å². The first-order chi connectivity index (χ1) is 10.5. The van der Waals surface area contributed by atoms with Gasteiger partial charge in [-0.25, -0.2) is 0 Å². The third-order valence-corrected chi connectivity index (χ3v) is 5.36. The minimum absolute atomic E-state index is 0.172. The van der Waals surface area contributed by atoms with Gasteiger partial charge in [-0.1, -0.05) is 0 Å². The van der Waals surface area contributed by atoms with Crippen molar-refractivity contribution in [1.82, 2.24) is 0 Å². The van der Waals surface area contributed by atoms with Gasteiger partial charge in [0, 0.05) is 5.41 Å². The van der Waals surface area contributed by atoms with Crippen molar-refractivity contribution in [1.29, 1.82) is 0 Å². The fourth-order valence-electron chi connectivity index (χ4n) is 3.32. The van der Waals surface area contributed by atoms with Gasteiger partial charge in [-0.2, -0.15) is 0 Å². The Morgan fingerprint density at radius 1 is 1.36 bits per heavy atom. The van der Waals surface area contributed by atoms with E-state index in [1.165, 1.54) is 12.8 Å². The molecule has 0 amide bonds. The molecule has 5 heteroatoms. The van der Waals surface area contributed by atoms with E-state index in [0.29, 0.717) is 5.75 Å². The summed E-state index contributed by atoms with van der Waals surface area (Å²) in [5.74, 6) is 0.677. The lowest BCUT2D eigenvalue weighted by Crippen LogP contribution is -2.15. The highest BCUT2D eigenvalue weighted by molar-refractivity contribution is 9.10. The standard InChI is InChI=1S/C17H21BrO4/c1-21-14-9-11(17(6-7-17)10-15(19)20)8-13(18)16(14)22-12-4-2-3-5-12/h8-9,12H,2-7,10H2,1H3,(H,19,20). The van der Waals surface area contributed by atoms with Crippen molar-refractivity contribution < 1.29 is 19.4 Å². The SMILES string of the molecule is COc1cc(C2(CC(=O)O)CC2)cc(Br)c1OC1CCCC1. The zero-order valence-corrected chi connectivity index (χ0v) is 14.3. The second kappa shape index (κ2) is 6.11. The molecular formula is C17H21BrO4. The second-order valence-corrected chi connectivity index (χ2v) is 7.22. The van der Waals surface area contributed by atoms with Crippen LogP contribution >= 0.6 is 15.9 Å². The third kappa shape index (κ3) is 3.09. The molecule has 2 saturated carbocycles. The van der Waals surface area contributed by atoms with Gasteiger partial charge in [-0.3, -0.25) is 4.79 Å². The number of carboxylic acid groups (broad SMARTS) is 1. The summed E-state index contributed by atoms with van der Waals surface area (Å²) in [7, 11) is 1.63. The average Bonchev–Trinajstić information content (AvgIpc) is 3.06. The van der Waals surface area contributed by atoms with E-state index in [1.54, 1.807) is 7.11 Å². The van der Waals surface area contributed by atoms with E-state index in [-0.39, 0.29) is 17.9 Å². The summed E-state index contributed by atoms with van der Waals surface area (Å²) in [4.78, 5) is 11.1. The second-order valence-electron chi connectivity index (χ2n) is 6.36. The lowest BCUT2D eigenvalue weighted by Gasteiger charge is -2.21. The molecule has 22 heavy (non-hydrogen) atoms. The van der Waals surface area contributed by atoms with E-state index in [4.69, 9.17) is 14.6 Å². The van der Waals surface area contributed by atoms with Gasteiger partial charge in [-0.05, 0) is 72.2 Å². The molecule has 0 aliphatic heterocycles. The third-order valence-electron chi connectivity index (χ3n) is 4.77. The highest BCUT2D eigenvalue weighted by Crippen LogP contribution is 2.53. The van der Waals surface area contributed by atoms with Crippen LogP contribution in [0.4, 0.5) is 0 Å². The first-order valence-corrected chi connectivity index (χ1v) is 8.60. The highest BCUT2D eigenvalue weighted by atomic mass is 79.9. The van der Waals surface area contributed by atoms with Crippen LogP contribution in [0.1, 0.15) is 50.5 Å². The molecule has 0 aromatic heterocycles. The van der Waals surface area contributed by atoms with Crippen LogP contribution in [-0.4, -0.2) is 24.3 Å². The predicted molar refractivity (Wildman–Crippen MR) is 86.7 cm³/mol. The number of benzene rings is 1. The Hall–Kier alpha value is -1.23. The van der Waals surface area contributed by atoms with E-state index in [0.717, 1.165) is 41.5 Å². The quantitative estimate of drug-likeness (QED) is 0.813. The molecule has 120 valence electrons. The maximum Gasteiger partial charge on any atom is 0.304 e. The molecule has 0 bridgehead atoms. The summed E-state index contributed by atoms with van der Waals surface area (Å²) in [5, 5.41) is 9.12. The molecule has 0 heterocycles. The van der Waals surface area contributed by atoms with Crippen LogP contribution in [0, 0.1) is 0 Å². The number of methoxy groups -OCH3 is 1. The smallest absolute Gasteiger partial charge is 0.304 e. The van der Waals surface area contributed by atoms with E-state index in [1.807, 2.05) is 12.1 Å². The summed E-state index contributed by atoms with van der Waals surface area (Å²) in [6.07, 6.45) is 6.85. The van der Waals surface area contributed by atoms with Crippen LogP contribution in [0.3, 0.4) is 0 Å². The number of hydrogen-bond donors (Lipinski definition) is 1. The van der Waals surface area contributed by atoms with Crippen LogP contribution in [0.25, 0.3) is 0 Å². The maximum absolute atomic E-state index is 11.1. The minimum Gasteiger partial charge on any atom is -0.493 e. The Balaban J connectivity index is 1.88. The molecule has 2 fully saturated rings. The van der Waals surface area contributed by atoms with Crippen molar-refractivity contribution in [2.24, 2.45) is 0 Å². The summed E-state index contributed by atoms with van der Waals surface area (Å²) in [6, 6.07) is 3.95. The number of rotatable bonds is 6. The number of aliphatic carboxylic acids is 1. The molecule has 4 nitrogen and oxygen atoms in total. The molecule has 1 aromatic rings. The Kier molecular flexibility index (Phi) is 4.35. The van der Waals surface area contributed by atoms with E-state index in [9.17, 15) is 4.79 Å². The van der Waals surface area contributed by atoms with Gasteiger partial charge in [-0.15, -0.1) is 0 Å². The van der Waals surface area contributed by atoms with Gasteiger partial charge in [0.1, 0.15) is 0 Å². The predicted octanol–water partition coefficient (Wildman–Crippen LogP) is 4.29. The Morgan fingerprint density at radius 3 is 2.59 bits per heavy atom. The zero-order chi connectivity index (χ0) is 15.7. The molecule has 0 saturated heterocycles. The lowest BCUT2D eigenvalue weighted by molar-refractivity contribution is -0.137. The van der Waals surface area contributed by atoms with Crippen LogP contribution < -0.4 is 9.47 Å². The molecule has 0 atom stereocenters.